The number of carbonyl (C=O) groups excluding carboxylic acids is 1. The minimum Gasteiger partial charge on any atom is -0.494 e. The summed E-state index contributed by atoms with van der Waals surface area (Å²) < 4.78 is 9.00. The lowest BCUT2D eigenvalue weighted by Gasteiger charge is -2.18. The van der Waals surface area contributed by atoms with Crippen molar-refractivity contribution in [3.63, 3.8) is 0 Å². The van der Waals surface area contributed by atoms with Gasteiger partial charge in [0.1, 0.15) is 11.3 Å². The molecule has 1 aliphatic heterocycles. The fraction of sp³-hybridized carbons (Fsp3) is 0.375. The van der Waals surface area contributed by atoms with Crippen molar-refractivity contribution in [3.05, 3.63) is 42.2 Å². The summed E-state index contributed by atoms with van der Waals surface area (Å²) in [4.78, 5) is 13.3. The van der Waals surface area contributed by atoms with Crippen molar-refractivity contribution >= 4 is 39.1 Å². The minimum atomic E-state index is -0.231. The Kier molecular flexibility index (Phi) is 5.63. The highest BCUT2D eigenvalue weighted by Crippen LogP contribution is 2.32. The number of anilines is 2. The lowest BCUT2D eigenvalue weighted by atomic mass is 10.1. The molecule has 0 radical (unpaired) electrons. The van der Waals surface area contributed by atoms with E-state index in [2.05, 4.69) is 26.1 Å². The van der Waals surface area contributed by atoms with Gasteiger partial charge >= 0.3 is 0 Å². The molecule has 2 aromatic heterocycles. The monoisotopic (exact) mass is 447 g/mol. The van der Waals surface area contributed by atoms with Gasteiger partial charge < -0.3 is 20.7 Å². The number of carbonyl (C=O) groups is 1. The molecular formula is C24H29N7O2. The van der Waals surface area contributed by atoms with Crippen molar-refractivity contribution in [1.82, 2.24) is 24.9 Å². The van der Waals surface area contributed by atoms with Gasteiger partial charge in [-0.25, -0.2) is 0 Å². The standard InChI is InChI=1S/C24H29N7O2/c1-30-13-15-11-21(22(33-3)12-20(15)28-30)27-24(32)17-6-7-19(18-14-31(2)29-23(17)18)26-16-5-4-9-25-10-8-16/h6-7,11-14,16,25-26H,4-5,8-10H2,1-3H3,(H,27,32). The molecule has 1 saturated heterocycles. The molecule has 2 aromatic carbocycles. The normalized spacial score (nSPS) is 16.6. The molecule has 9 nitrogen and oxygen atoms in total. The topological polar surface area (TPSA) is 98.0 Å². The third-order valence-corrected chi connectivity index (χ3v) is 6.16. The lowest BCUT2D eigenvalue weighted by molar-refractivity contribution is 0.102. The molecular weight excluding hydrogens is 418 g/mol. The Morgan fingerprint density at radius 3 is 2.79 bits per heavy atom. The first-order valence-corrected chi connectivity index (χ1v) is 11.3. The Balaban J connectivity index is 1.46. The lowest BCUT2D eigenvalue weighted by Crippen LogP contribution is -2.21. The van der Waals surface area contributed by atoms with Gasteiger partial charge in [-0.2, -0.15) is 10.2 Å². The molecule has 1 unspecified atom stereocenters. The summed E-state index contributed by atoms with van der Waals surface area (Å²) >= 11 is 0. The van der Waals surface area contributed by atoms with Crippen LogP contribution in [-0.2, 0) is 14.1 Å². The van der Waals surface area contributed by atoms with E-state index in [9.17, 15) is 4.79 Å². The number of fused-ring (bicyclic) bond motifs is 2. The van der Waals surface area contributed by atoms with Crippen LogP contribution in [0.3, 0.4) is 0 Å². The van der Waals surface area contributed by atoms with Crippen molar-refractivity contribution in [1.29, 1.82) is 0 Å². The Labute approximate surface area is 192 Å². The molecule has 1 fully saturated rings. The number of hydrogen-bond acceptors (Lipinski definition) is 6. The number of methoxy groups -OCH3 is 1. The van der Waals surface area contributed by atoms with Crippen LogP contribution in [0.2, 0.25) is 0 Å². The minimum absolute atomic E-state index is 0.231. The smallest absolute Gasteiger partial charge is 0.258 e. The average Bonchev–Trinajstić information content (AvgIpc) is 3.24. The third-order valence-electron chi connectivity index (χ3n) is 6.16. The number of hydrogen-bond donors (Lipinski definition) is 3. The summed E-state index contributed by atoms with van der Waals surface area (Å²) in [6, 6.07) is 7.94. The maximum atomic E-state index is 13.3. The van der Waals surface area contributed by atoms with E-state index >= 15 is 0 Å². The van der Waals surface area contributed by atoms with Gasteiger partial charge in [0.15, 0.2) is 0 Å². The van der Waals surface area contributed by atoms with Gasteiger partial charge in [-0.05, 0) is 50.6 Å². The molecule has 0 aliphatic carbocycles. The second kappa shape index (κ2) is 8.74. The molecule has 33 heavy (non-hydrogen) atoms. The maximum Gasteiger partial charge on any atom is 0.258 e. The van der Waals surface area contributed by atoms with Gasteiger partial charge in [-0.1, -0.05) is 0 Å². The van der Waals surface area contributed by atoms with Crippen LogP contribution >= 0.6 is 0 Å². The first kappa shape index (κ1) is 21.3. The predicted octanol–water partition coefficient (Wildman–Crippen LogP) is 3.27. The molecule has 5 rings (SSSR count). The number of amides is 1. The second-order valence-corrected chi connectivity index (χ2v) is 8.62. The van der Waals surface area contributed by atoms with Gasteiger partial charge in [0.05, 0.1) is 23.9 Å². The Morgan fingerprint density at radius 1 is 1.09 bits per heavy atom. The van der Waals surface area contributed by atoms with Gasteiger partial charge in [0.25, 0.3) is 5.91 Å². The molecule has 0 spiro atoms. The zero-order valence-corrected chi connectivity index (χ0v) is 19.2. The number of aryl methyl sites for hydroxylation is 2. The van der Waals surface area contributed by atoms with Crippen LogP contribution in [0, 0.1) is 0 Å². The van der Waals surface area contributed by atoms with E-state index in [1.807, 2.05) is 50.8 Å². The van der Waals surface area contributed by atoms with Crippen LogP contribution in [0.5, 0.6) is 5.75 Å². The van der Waals surface area contributed by atoms with E-state index < -0.39 is 0 Å². The summed E-state index contributed by atoms with van der Waals surface area (Å²) in [6.45, 7) is 2.07. The summed E-state index contributed by atoms with van der Waals surface area (Å²) in [6.07, 6.45) is 7.21. The van der Waals surface area contributed by atoms with E-state index in [0.717, 1.165) is 54.3 Å². The van der Waals surface area contributed by atoms with Gasteiger partial charge in [-0.15, -0.1) is 0 Å². The number of benzene rings is 2. The maximum absolute atomic E-state index is 13.3. The zero-order chi connectivity index (χ0) is 22.9. The summed E-state index contributed by atoms with van der Waals surface area (Å²) in [5.41, 5.74) is 3.61. The fourth-order valence-electron chi connectivity index (χ4n) is 4.54. The first-order chi connectivity index (χ1) is 16.0. The summed E-state index contributed by atoms with van der Waals surface area (Å²) in [7, 11) is 5.32. The van der Waals surface area contributed by atoms with E-state index in [4.69, 9.17) is 4.74 Å². The van der Waals surface area contributed by atoms with Crippen molar-refractivity contribution in [2.75, 3.05) is 30.8 Å². The quantitative estimate of drug-likeness (QED) is 0.434. The number of nitrogens with zero attached hydrogens (tertiary/aromatic N) is 4. The highest BCUT2D eigenvalue weighted by molar-refractivity contribution is 6.14. The molecule has 9 heteroatoms. The molecule has 0 saturated carbocycles. The van der Waals surface area contributed by atoms with Crippen molar-refractivity contribution < 1.29 is 9.53 Å². The second-order valence-electron chi connectivity index (χ2n) is 8.62. The molecule has 1 amide bonds. The van der Waals surface area contributed by atoms with Gasteiger partial charge in [0.2, 0.25) is 0 Å². The van der Waals surface area contributed by atoms with E-state index in [0.29, 0.717) is 28.6 Å². The Morgan fingerprint density at radius 2 is 1.94 bits per heavy atom. The number of aromatic nitrogens is 4. The van der Waals surface area contributed by atoms with Crippen LogP contribution in [0.1, 0.15) is 29.6 Å². The van der Waals surface area contributed by atoms with Crippen molar-refractivity contribution in [3.8, 4) is 5.75 Å². The van der Waals surface area contributed by atoms with E-state index in [1.165, 1.54) is 0 Å². The zero-order valence-electron chi connectivity index (χ0n) is 19.2. The number of ether oxygens (including phenoxy) is 1. The molecule has 172 valence electrons. The third kappa shape index (κ3) is 4.23. The highest BCUT2D eigenvalue weighted by atomic mass is 16.5. The predicted molar refractivity (Wildman–Crippen MR) is 130 cm³/mol. The molecule has 0 bridgehead atoms. The van der Waals surface area contributed by atoms with Crippen molar-refractivity contribution in [2.24, 2.45) is 14.1 Å². The molecule has 3 N–H and O–H groups in total. The largest absolute Gasteiger partial charge is 0.494 e. The molecule has 4 aromatic rings. The first-order valence-electron chi connectivity index (χ1n) is 11.3. The van der Waals surface area contributed by atoms with Gasteiger partial charge in [-0.3, -0.25) is 14.2 Å². The van der Waals surface area contributed by atoms with Crippen molar-refractivity contribution in [2.45, 2.75) is 25.3 Å². The molecule has 3 heterocycles. The van der Waals surface area contributed by atoms with E-state index in [-0.39, 0.29) is 5.91 Å². The van der Waals surface area contributed by atoms with Crippen LogP contribution in [0.15, 0.2) is 36.7 Å². The number of rotatable bonds is 5. The summed E-state index contributed by atoms with van der Waals surface area (Å²) in [5, 5.41) is 21.0. The molecule has 1 aliphatic rings. The highest BCUT2D eigenvalue weighted by Gasteiger charge is 2.20. The average molecular weight is 448 g/mol. The molecule has 1 atom stereocenters. The Bertz CT molecular complexity index is 1320. The van der Waals surface area contributed by atoms with E-state index in [1.54, 1.807) is 16.5 Å². The van der Waals surface area contributed by atoms with Crippen LogP contribution in [0.25, 0.3) is 21.8 Å². The Hall–Kier alpha value is -3.59. The fourth-order valence-corrected chi connectivity index (χ4v) is 4.54. The van der Waals surface area contributed by atoms with Crippen LogP contribution in [0.4, 0.5) is 11.4 Å². The van der Waals surface area contributed by atoms with Gasteiger partial charge in [0, 0.05) is 55.1 Å². The number of nitrogens with one attached hydrogen (secondary N) is 3. The van der Waals surface area contributed by atoms with Crippen LogP contribution < -0.4 is 20.7 Å². The SMILES string of the molecule is COc1cc2nn(C)cc2cc1NC(=O)c1ccc(NC2CCCNCC2)c2cn(C)nc12. The summed E-state index contributed by atoms with van der Waals surface area (Å²) in [5.74, 6) is 0.331. The van der Waals surface area contributed by atoms with Crippen LogP contribution in [-0.4, -0.2) is 51.7 Å².